The lowest BCUT2D eigenvalue weighted by molar-refractivity contribution is -0.114. The highest BCUT2D eigenvalue weighted by Crippen LogP contribution is 2.37. The number of primary amides is 1. The van der Waals surface area contributed by atoms with Crippen LogP contribution in [0.3, 0.4) is 0 Å². The van der Waals surface area contributed by atoms with Gasteiger partial charge in [0.15, 0.2) is 0 Å². The number of hydrogen-bond acceptors (Lipinski definition) is 5. The fourth-order valence-electron chi connectivity index (χ4n) is 2.13. The van der Waals surface area contributed by atoms with Crippen LogP contribution in [0.4, 0.5) is 0 Å². The zero-order chi connectivity index (χ0) is 14.8. The Morgan fingerprint density at radius 1 is 1.55 bits per heavy atom. The quantitative estimate of drug-likeness (QED) is 0.619. The number of amides is 1. The van der Waals surface area contributed by atoms with E-state index < -0.39 is 13.7 Å². The van der Waals surface area contributed by atoms with Gasteiger partial charge >= 0.3 is 7.82 Å². The third-order valence-corrected chi connectivity index (χ3v) is 3.57. The van der Waals surface area contributed by atoms with Crippen molar-refractivity contribution in [2.45, 2.75) is 31.6 Å². The molecule has 2 rings (SSSR count). The van der Waals surface area contributed by atoms with Crippen molar-refractivity contribution >= 4 is 13.7 Å². The van der Waals surface area contributed by atoms with Crippen LogP contribution in [0, 0.1) is 0 Å². The van der Waals surface area contributed by atoms with E-state index in [0.717, 1.165) is 0 Å². The van der Waals surface area contributed by atoms with Gasteiger partial charge in [-0.3, -0.25) is 9.32 Å². The van der Waals surface area contributed by atoms with Crippen LogP contribution in [-0.2, 0) is 18.6 Å². The number of phosphoric acid groups is 1. The van der Waals surface area contributed by atoms with Crippen molar-refractivity contribution in [1.82, 2.24) is 4.90 Å². The predicted octanol–water partition coefficient (Wildman–Crippen LogP) is 0.189. The van der Waals surface area contributed by atoms with Gasteiger partial charge in [-0.05, 0) is 19.3 Å². The van der Waals surface area contributed by atoms with Gasteiger partial charge in [-0.15, -0.1) is 0 Å². The van der Waals surface area contributed by atoms with Crippen LogP contribution in [0.5, 0.6) is 0 Å². The number of ether oxygens (including phenoxy) is 1. The maximum absolute atomic E-state index is 11.1. The normalized spacial score (nSPS) is 26.7. The Kier molecular flexibility index (Phi) is 4.62. The van der Waals surface area contributed by atoms with E-state index in [1.165, 1.54) is 0 Å². The largest absolute Gasteiger partial charge is 0.469 e. The van der Waals surface area contributed by atoms with E-state index in [9.17, 15) is 9.36 Å². The molecule has 9 heteroatoms. The standard InChI is InChI=1S/C11H17N2O6P/c12-11(14)8-2-1-5-13(6-8)10-4-3-9(19-10)7-18-20(15,16)17/h1,5-6,9-10H,2-4,7H2,(H2,12,14)(H2,15,16,17). The van der Waals surface area contributed by atoms with Crippen LogP contribution in [-0.4, -0.2) is 39.5 Å². The van der Waals surface area contributed by atoms with Gasteiger partial charge < -0.3 is 25.2 Å². The first-order valence-corrected chi connectivity index (χ1v) is 7.68. The van der Waals surface area contributed by atoms with Gasteiger partial charge in [0.25, 0.3) is 0 Å². The van der Waals surface area contributed by atoms with Gasteiger partial charge in [0.2, 0.25) is 5.91 Å². The molecule has 2 atom stereocenters. The molecule has 1 amide bonds. The maximum atomic E-state index is 11.1. The third-order valence-electron chi connectivity index (χ3n) is 3.08. The van der Waals surface area contributed by atoms with E-state index >= 15 is 0 Å². The molecule has 2 heterocycles. The summed E-state index contributed by atoms with van der Waals surface area (Å²) in [6.45, 7) is -0.162. The molecule has 0 radical (unpaired) electrons. The molecule has 1 saturated heterocycles. The number of carbonyl (C=O) groups is 1. The monoisotopic (exact) mass is 304 g/mol. The first-order chi connectivity index (χ1) is 9.35. The van der Waals surface area contributed by atoms with Gasteiger partial charge in [0.1, 0.15) is 6.23 Å². The summed E-state index contributed by atoms with van der Waals surface area (Å²) in [5.74, 6) is -0.473. The first kappa shape index (κ1) is 15.2. The van der Waals surface area contributed by atoms with Crippen molar-refractivity contribution in [3.8, 4) is 0 Å². The summed E-state index contributed by atoms with van der Waals surface area (Å²) >= 11 is 0. The van der Waals surface area contributed by atoms with Crippen molar-refractivity contribution in [1.29, 1.82) is 0 Å². The number of carbonyl (C=O) groups excluding carboxylic acids is 1. The summed E-state index contributed by atoms with van der Waals surface area (Å²) in [5.41, 5.74) is 5.73. The number of nitrogens with two attached hydrogens (primary N) is 1. The Labute approximate surface area is 116 Å². The summed E-state index contributed by atoms with van der Waals surface area (Å²) in [6.07, 6.45) is 6.35. The van der Waals surface area contributed by atoms with Crippen molar-refractivity contribution in [3.63, 3.8) is 0 Å². The molecule has 0 bridgehead atoms. The lowest BCUT2D eigenvalue weighted by Crippen LogP contribution is -2.30. The molecule has 2 aliphatic rings. The van der Waals surface area contributed by atoms with Gasteiger partial charge in [-0.25, -0.2) is 4.57 Å². The molecule has 0 aromatic rings. The van der Waals surface area contributed by atoms with Gasteiger partial charge in [0, 0.05) is 18.0 Å². The van der Waals surface area contributed by atoms with Crippen LogP contribution in [0.15, 0.2) is 24.0 Å². The average molecular weight is 304 g/mol. The highest BCUT2D eigenvalue weighted by Gasteiger charge is 2.31. The smallest absolute Gasteiger partial charge is 0.366 e. The highest BCUT2D eigenvalue weighted by molar-refractivity contribution is 7.46. The summed E-state index contributed by atoms with van der Waals surface area (Å²) in [6, 6.07) is 0. The van der Waals surface area contributed by atoms with Gasteiger partial charge in [-0.2, -0.15) is 0 Å². The minimum absolute atomic E-state index is 0.162. The first-order valence-electron chi connectivity index (χ1n) is 6.15. The molecule has 2 aliphatic heterocycles. The second-order valence-electron chi connectivity index (χ2n) is 4.63. The molecule has 112 valence electrons. The fraction of sp³-hybridized carbons (Fsp3) is 0.545. The summed E-state index contributed by atoms with van der Waals surface area (Å²) < 4.78 is 20.7. The van der Waals surface area contributed by atoms with Crippen molar-refractivity contribution in [3.05, 3.63) is 24.0 Å². The van der Waals surface area contributed by atoms with E-state index in [2.05, 4.69) is 4.52 Å². The van der Waals surface area contributed by atoms with Crippen LogP contribution in [0.1, 0.15) is 19.3 Å². The Hall–Kier alpha value is -1.18. The second kappa shape index (κ2) is 6.07. The van der Waals surface area contributed by atoms with E-state index in [0.29, 0.717) is 24.8 Å². The molecule has 2 unspecified atom stereocenters. The van der Waals surface area contributed by atoms with Crippen LogP contribution >= 0.6 is 7.82 Å². The van der Waals surface area contributed by atoms with E-state index in [1.807, 2.05) is 6.08 Å². The number of hydrogen-bond donors (Lipinski definition) is 3. The highest BCUT2D eigenvalue weighted by atomic mass is 31.2. The van der Waals surface area contributed by atoms with Crippen molar-refractivity contribution < 1.29 is 28.4 Å². The van der Waals surface area contributed by atoms with E-state index in [4.69, 9.17) is 20.3 Å². The van der Waals surface area contributed by atoms with Crippen LogP contribution in [0.25, 0.3) is 0 Å². The SMILES string of the molecule is NC(=O)C1=CN(C2CCC(COP(=O)(O)O)O2)C=CC1. The second-order valence-corrected chi connectivity index (χ2v) is 5.87. The lowest BCUT2D eigenvalue weighted by atomic mass is 10.1. The van der Waals surface area contributed by atoms with E-state index in [1.54, 1.807) is 17.3 Å². The molecule has 0 aromatic heterocycles. The molecule has 0 aromatic carbocycles. The molecular formula is C11H17N2O6P. The average Bonchev–Trinajstić information content (AvgIpc) is 2.84. The molecule has 0 aliphatic carbocycles. The van der Waals surface area contributed by atoms with Crippen molar-refractivity contribution in [2.24, 2.45) is 5.73 Å². The van der Waals surface area contributed by atoms with Crippen LogP contribution < -0.4 is 5.73 Å². The Morgan fingerprint density at radius 2 is 2.30 bits per heavy atom. The predicted molar refractivity (Wildman–Crippen MR) is 68.8 cm³/mol. The topological polar surface area (TPSA) is 122 Å². The van der Waals surface area contributed by atoms with Gasteiger partial charge in [0.05, 0.1) is 12.7 Å². The minimum atomic E-state index is -4.47. The summed E-state index contributed by atoms with van der Waals surface area (Å²) in [7, 11) is -4.47. The molecule has 1 fully saturated rings. The molecule has 0 saturated carbocycles. The summed E-state index contributed by atoms with van der Waals surface area (Å²) in [4.78, 5) is 30.2. The minimum Gasteiger partial charge on any atom is -0.366 e. The molecule has 8 nitrogen and oxygen atoms in total. The number of allylic oxidation sites excluding steroid dienone is 1. The lowest BCUT2D eigenvalue weighted by Gasteiger charge is -2.27. The van der Waals surface area contributed by atoms with Crippen molar-refractivity contribution in [2.75, 3.05) is 6.61 Å². The Balaban J connectivity index is 1.89. The Bertz CT molecular complexity index is 485. The molecule has 0 spiro atoms. The zero-order valence-corrected chi connectivity index (χ0v) is 11.6. The fourth-order valence-corrected chi connectivity index (χ4v) is 2.49. The maximum Gasteiger partial charge on any atom is 0.469 e. The zero-order valence-electron chi connectivity index (χ0n) is 10.7. The number of rotatable bonds is 5. The number of nitrogens with zero attached hydrogens (tertiary/aromatic N) is 1. The summed E-state index contributed by atoms with van der Waals surface area (Å²) in [5, 5.41) is 0. The third kappa shape index (κ3) is 4.16. The van der Waals surface area contributed by atoms with Crippen LogP contribution in [0.2, 0.25) is 0 Å². The molecule has 4 N–H and O–H groups in total. The van der Waals surface area contributed by atoms with Gasteiger partial charge in [-0.1, -0.05) is 6.08 Å². The Morgan fingerprint density at radius 3 is 2.95 bits per heavy atom. The molecule has 20 heavy (non-hydrogen) atoms. The van der Waals surface area contributed by atoms with E-state index in [-0.39, 0.29) is 18.9 Å². The molecular weight excluding hydrogens is 287 g/mol. The number of phosphoric ester groups is 1.